The Hall–Kier alpha value is -1.36. The molecule has 0 saturated heterocycles. The van der Waals surface area contributed by atoms with Gasteiger partial charge < -0.3 is 10.4 Å². The topological polar surface area (TPSA) is 49.3 Å². The summed E-state index contributed by atoms with van der Waals surface area (Å²) in [6, 6.07) is 0.633. The van der Waals surface area contributed by atoms with Crippen LogP contribution in [0.4, 0.5) is 14.5 Å². The smallest absolute Gasteiger partial charge is 0.326 e. The van der Waals surface area contributed by atoms with Crippen molar-refractivity contribution in [2.45, 2.75) is 25.8 Å². The lowest BCUT2D eigenvalue weighted by Gasteiger charge is -2.16. The summed E-state index contributed by atoms with van der Waals surface area (Å²) in [6.45, 7) is 1.81. The summed E-state index contributed by atoms with van der Waals surface area (Å²) >= 11 is 5.65. The molecule has 1 unspecified atom stereocenters. The number of hydrogen-bond donors (Lipinski definition) is 2. The Labute approximate surface area is 102 Å². The van der Waals surface area contributed by atoms with Gasteiger partial charge in [-0.2, -0.15) is 0 Å². The molecule has 0 amide bonds. The maximum atomic E-state index is 13.4. The molecule has 0 saturated carbocycles. The van der Waals surface area contributed by atoms with Crippen LogP contribution in [0.5, 0.6) is 0 Å². The Morgan fingerprint density at radius 1 is 1.53 bits per heavy atom. The molecule has 1 rings (SSSR count). The molecule has 0 spiro atoms. The molecule has 17 heavy (non-hydrogen) atoms. The van der Waals surface area contributed by atoms with E-state index in [4.69, 9.17) is 16.7 Å². The number of carbonyl (C=O) groups is 1. The molecule has 1 atom stereocenters. The summed E-state index contributed by atoms with van der Waals surface area (Å²) in [4.78, 5) is 10.9. The zero-order chi connectivity index (χ0) is 13.0. The molecule has 0 radical (unpaired) electrons. The summed E-state index contributed by atoms with van der Waals surface area (Å²) in [5.74, 6) is -2.82. The van der Waals surface area contributed by atoms with Gasteiger partial charge in [0.25, 0.3) is 0 Å². The quantitative estimate of drug-likeness (QED) is 0.857. The van der Waals surface area contributed by atoms with Crippen LogP contribution in [-0.4, -0.2) is 17.1 Å². The van der Waals surface area contributed by atoms with Gasteiger partial charge in [-0.05, 0) is 12.5 Å². The van der Waals surface area contributed by atoms with Gasteiger partial charge in [0.1, 0.15) is 11.9 Å². The van der Waals surface area contributed by atoms with Crippen LogP contribution in [0, 0.1) is 11.6 Å². The van der Waals surface area contributed by atoms with Crippen molar-refractivity contribution in [3.63, 3.8) is 0 Å². The highest BCUT2D eigenvalue weighted by molar-refractivity contribution is 6.33. The number of anilines is 1. The second kappa shape index (κ2) is 5.82. The molecular weight excluding hydrogens is 252 g/mol. The number of halogens is 3. The Morgan fingerprint density at radius 3 is 2.65 bits per heavy atom. The summed E-state index contributed by atoms with van der Waals surface area (Å²) in [7, 11) is 0. The largest absolute Gasteiger partial charge is 0.480 e. The van der Waals surface area contributed by atoms with Crippen molar-refractivity contribution < 1.29 is 18.7 Å². The van der Waals surface area contributed by atoms with Crippen molar-refractivity contribution >= 4 is 23.3 Å². The van der Waals surface area contributed by atoms with Gasteiger partial charge in [0.15, 0.2) is 5.82 Å². The average Bonchev–Trinajstić information content (AvgIpc) is 2.21. The molecule has 0 bridgehead atoms. The Kier molecular flexibility index (Phi) is 4.69. The van der Waals surface area contributed by atoms with E-state index in [1.54, 1.807) is 6.92 Å². The standard InChI is InChI=1S/C11H12ClF2NO2/c1-2-3-9(11(16)17)15-10-7(12)4-6(13)5-8(10)14/h4-5,9,15H,2-3H2,1H3,(H,16,17). The van der Waals surface area contributed by atoms with E-state index in [1.807, 2.05) is 0 Å². The van der Waals surface area contributed by atoms with Crippen molar-refractivity contribution in [2.75, 3.05) is 5.32 Å². The predicted octanol–water partition coefficient (Wildman–Crippen LogP) is 3.28. The van der Waals surface area contributed by atoms with Gasteiger partial charge in [-0.1, -0.05) is 24.9 Å². The zero-order valence-electron chi connectivity index (χ0n) is 9.14. The van der Waals surface area contributed by atoms with E-state index >= 15 is 0 Å². The third-order valence-electron chi connectivity index (χ3n) is 2.20. The first kappa shape index (κ1) is 13.7. The fraction of sp³-hybridized carbons (Fsp3) is 0.364. The minimum Gasteiger partial charge on any atom is -0.480 e. The van der Waals surface area contributed by atoms with Crippen molar-refractivity contribution in [3.05, 3.63) is 28.8 Å². The molecule has 1 aromatic carbocycles. The molecule has 1 aromatic rings. The van der Waals surface area contributed by atoms with Gasteiger partial charge in [-0.15, -0.1) is 0 Å². The van der Waals surface area contributed by atoms with Crippen LogP contribution in [0.2, 0.25) is 5.02 Å². The Bertz CT molecular complexity index is 403. The lowest BCUT2D eigenvalue weighted by atomic mass is 10.1. The number of aliphatic carboxylic acids is 1. The lowest BCUT2D eigenvalue weighted by molar-refractivity contribution is -0.138. The van der Waals surface area contributed by atoms with E-state index in [2.05, 4.69) is 5.32 Å². The SMILES string of the molecule is CCCC(Nc1c(F)cc(F)cc1Cl)C(=O)O. The second-order valence-corrected chi connectivity index (χ2v) is 3.98. The first-order valence-corrected chi connectivity index (χ1v) is 5.47. The lowest BCUT2D eigenvalue weighted by Crippen LogP contribution is -2.29. The van der Waals surface area contributed by atoms with Crippen LogP contribution in [0.1, 0.15) is 19.8 Å². The van der Waals surface area contributed by atoms with Gasteiger partial charge in [0.2, 0.25) is 0 Å². The van der Waals surface area contributed by atoms with Crippen molar-refractivity contribution in [3.8, 4) is 0 Å². The third-order valence-corrected chi connectivity index (χ3v) is 2.50. The van der Waals surface area contributed by atoms with Gasteiger partial charge >= 0.3 is 5.97 Å². The summed E-state index contributed by atoms with van der Waals surface area (Å²) < 4.78 is 26.2. The van der Waals surface area contributed by atoms with Crippen LogP contribution in [0.3, 0.4) is 0 Å². The Morgan fingerprint density at radius 2 is 2.18 bits per heavy atom. The summed E-state index contributed by atoms with van der Waals surface area (Å²) in [6.07, 6.45) is 0.937. The molecule has 94 valence electrons. The van der Waals surface area contributed by atoms with Gasteiger partial charge in [0.05, 0.1) is 10.7 Å². The van der Waals surface area contributed by atoms with Crippen molar-refractivity contribution in [1.82, 2.24) is 0 Å². The Balaban J connectivity index is 2.97. The number of hydrogen-bond acceptors (Lipinski definition) is 2. The first-order valence-electron chi connectivity index (χ1n) is 5.09. The molecule has 0 aliphatic carbocycles. The van der Waals surface area contributed by atoms with Crippen LogP contribution in [0.15, 0.2) is 12.1 Å². The number of carboxylic acid groups (broad SMARTS) is 1. The van der Waals surface area contributed by atoms with E-state index < -0.39 is 23.6 Å². The minimum atomic E-state index is -1.10. The average molecular weight is 264 g/mol. The molecule has 0 fully saturated rings. The first-order chi connectivity index (χ1) is 7.95. The highest BCUT2D eigenvalue weighted by Gasteiger charge is 2.19. The molecule has 0 aliphatic rings. The molecule has 0 heterocycles. The highest BCUT2D eigenvalue weighted by Crippen LogP contribution is 2.27. The number of carboxylic acids is 1. The van der Waals surface area contributed by atoms with Gasteiger partial charge in [0, 0.05) is 6.07 Å². The molecule has 6 heteroatoms. The van der Waals surface area contributed by atoms with Crippen molar-refractivity contribution in [1.29, 1.82) is 0 Å². The normalized spacial score (nSPS) is 12.2. The predicted molar refractivity (Wildman–Crippen MR) is 61.3 cm³/mol. The third kappa shape index (κ3) is 3.56. The summed E-state index contributed by atoms with van der Waals surface area (Å²) in [5, 5.41) is 11.2. The van der Waals surface area contributed by atoms with Crippen LogP contribution in [0.25, 0.3) is 0 Å². The maximum absolute atomic E-state index is 13.4. The van der Waals surface area contributed by atoms with Crippen LogP contribution in [-0.2, 0) is 4.79 Å². The fourth-order valence-corrected chi connectivity index (χ4v) is 1.65. The summed E-state index contributed by atoms with van der Waals surface area (Å²) in [5.41, 5.74) is -0.186. The zero-order valence-corrected chi connectivity index (χ0v) is 9.89. The molecule has 3 nitrogen and oxygen atoms in total. The van der Waals surface area contributed by atoms with Crippen LogP contribution < -0.4 is 5.32 Å². The number of benzene rings is 1. The molecule has 2 N–H and O–H groups in total. The maximum Gasteiger partial charge on any atom is 0.326 e. The van der Waals surface area contributed by atoms with E-state index in [1.165, 1.54) is 0 Å². The van der Waals surface area contributed by atoms with E-state index in [0.29, 0.717) is 18.9 Å². The monoisotopic (exact) mass is 263 g/mol. The highest BCUT2D eigenvalue weighted by atomic mass is 35.5. The molecule has 0 aliphatic heterocycles. The fourth-order valence-electron chi connectivity index (χ4n) is 1.40. The number of rotatable bonds is 5. The van der Waals surface area contributed by atoms with Crippen LogP contribution >= 0.6 is 11.6 Å². The minimum absolute atomic E-state index is 0.176. The molecular formula is C11H12ClF2NO2. The van der Waals surface area contributed by atoms with Crippen molar-refractivity contribution in [2.24, 2.45) is 0 Å². The van der Waals surface area contributed by atoms with E-state index in [-0.39, 0.29) is 10.7 Å². The van der Waals surface area contributed by atoms with E-state index in [9.17, 15) is 13.6 Å². The number of nitrogens with one attached hydrogen (secondary N) is 1. The van der Waals surface area contributed by atoms with Gasteiger partial charge in [-0.3, -0.25) is 0 Å². The molecule has 0 aromatic heterocycles. The second-order valence-electron chi connectivity index (χ2n) is 3.57. The van der Waals surface area contributed by atoms with Gasteiger partial charge in [-0.25, -0.2) is 13.6 Å². The van der Waals surface area contributed by atoms with E-state index in [0.717, 1.165) is 6.07 Å².